The molecule has 3 rings (SSSR count). The number of piperidine rings is 1. The van der Waals surface area contributed by atoms with Crippen LogP contribution in [0.2, 0.25) is 0 Å². The van der Waals surface area contributed by atoms with E-state index in [1.807, 2.05) is 29.2 Å². The number of pyridine rings is 1. The summed E-state index contributed by atoms with van der Waals surface area (Å²) in [5.41, 5.74) is 1.93. The van der Waals surface area contributed by atoms with E-state index in [2.05, 4.69) is 30.2 Å². The normalized spacial score (nSPS) is 19.5. The van der Waals surface area contributed by atoms with Crippen LogP contribution in [0, 0.1) is 0 Å². The molecule has 1 aliphatic heterocycles. The van der Waals surface area contributed by atoms with Crippen molar-refractivity contribution in [2.45, 2.75) is 38.8 Å². The first kappa shape index (κ1) is 14.0. The fourth-order valence-corrected chi connectivity index (χ4v) is 2.92. The second kappa shape index (κ2) is 5.82. The van der Waals surface area contributed by atoms with Crippen LogP contribution < -0.4 is 10.2 Å². The maximum absolute atomic E-state index is 12.6. The van der Waals surface area contributed by atoms with Crippen LogP contribution in [0.4, 0.5) is 5.69 Å². The molecule has 2 aromatic rings. The van der Waals surface area contributed by atoms with E-state index in [4.69, 9.17) is 0 Å². The van der Waals surface area contributed by atoms with E-state index in [-0.39, 0.29) is 11.9 Å². The number of nitrogens with one attached hydrogen (secondary N) is 1. The van der Waals surface area contributed by atoms with E-state index in [1.165, 1.54) is 0 Å². The predicted octanol–water partition coefficient (Wildman–Crippen LogP) is 2.73. The number of carbonyl (C=O) groups excluding carboxylic acids is 1. The van der Waals surface area contributed by atoms with E-state index >= 15 is 0 Å². The molecule has 1 atom stereocenters. The summed E-state index contributed by atoms with van der Waals surface area (Å²) in [6.07, 6.45) is 3.74. The monoisotopic (exact) mass is 283 g/mol. The van der Waals surface area contributed by atoms with Crippen molar-refractivity contribution in [2.75, 3.05) is 11.4 Å². The zero-order valence-electron chi connectivity index (χ0n) is 12.5. The lowest BCUT2D eigenvalue weighted by Gasteiger charge is -2.33. The summed E-state index contributed by atoms with van der Waals surface area (Å²) < 4.78 is 0. The average Bonchev–Trinajstić information content (AvgIpc) is 2.48. The maximum atomic E-state index is 12.6. The molecule has 1 saturated heterocycles. The van der Waals surface area contributed by atoms with Gasteiger partial charge in [0.05, 0.1) is 11.6 Å². The maximum Gasteiger partial charge on any atom is 0.244 e. The minimum Gasteiger partial charge on any atom is -0.311 e. The lowest BCUT2D eigenvalue weighted by molar-refractivity contribution is -0.121. The number of fused-ring (bicyclic) bond motifs is 1. The highest BCUT2D eigenvalue weighted by Gasteiger charge is 2.29. The highest BCUT2D eigenvalue weighted by Crippen LogP contribution is 2.24. The Morgan fingerprint density at radius 3 is 3.00 bits per heavy atom. The number of hydrogen-bond acceptors (Lipinski definition) is 3. The number of carbonyl (C=O) groups is 1. The number of nitrogens with zero attached hydrogens (tertiary/aromatic N) is 2. The zero-order chi connectivity index (χ0) is 14.8. The van der Waals surface area contributed by atoms with Gasteiger partial charge in [0.25, 0.3) is 0 Å². The van der Waals surface area contributed by atoms with Gasteiger partial charge in [0.1, 0.15) is 0 Å². The van der Waals surface area contributed by atoms with Crippen molar-refractivity contribution < 1.29 is 4.79 Å². The van der Waals surface area contributed by atoms with Crippen molar-refractivity contribution in [3.8, 4) is 0 Å². The highest BCUT2D eigenvalue weighted by molar-refractivity contribution is 5.99. The highest BCUT2D eigenvalue weighted by atomic mass is 16.2. The van der Waals surface area contributed by atoms with E-state index in [9.17, 15) is 4.79 Å². The van der Waals surface area contributed by atoms with Crippen molar-refractivity contribution >= 4 is 22.5 Å². The van der Waals surface area contributed by atoms with Crippen LogP contribution >= 0.6 is 0 Å². The van der Waals surface area contributed by atoms with Crippen LogP contribution in [0.3, 0.4) is 0 Å². The van der Waals surface area contributed by atoms with Crippen LogP contribution in [-0.2, 0) is 4.79 Å². The first-order valence-electron chi connectivity index (χ1n) is 7.57. The Hall–Kier alpha value is -1.94. The van der Waals surface area contributed by atoms with E-state index < -0.39 is 0 Å². The molecule has 110 valence electrons. The molecule has 0 spiro atoms. The van der Waals surface area contributed by atoms with Gasteiger partial charge < -0.3 is 10.2 Å². The van der Waals surface area contributed by atoms with Gasteiger partial charge in [0, 0.05) is 29.9 Å². The Labute approximate surface area is 125 Å². The summed E-state index contributed by atoms with van der Waals surface area (Å²) in [6.45, 7) is 4.95. The van der Waals surface area contributed by atoms with E-state index in [1.54, 1.807) is 6.20 Å². The number of amides is 1. The van der Waals surface area contributed by atoms with Crippen molar-refractivity contribution in [1.82, 2.24) is 10.3 Å². The predicted molar refractivity (Wildman–Crippen MR) is 85.4 cm³/mol. The van der Waals surface area contributed by atoms with Crippen LogP contribution in [-0.4, -0.2) is 29.5 Å². The molecular formula is C17H21N3O. The second-order valence-electron chi connectivity index (χ2n) is 5.89. The number of rotatable bonds is 3. The van der Waals surface area contributed by atoms with Gasteiger partial charge in [0.15, 0.2) is 0 Å². The number of anilines is 1. The lowest BCUT2D eigenvalue weighted by Crippen LogP contribution is -2.52. The fraction of sp³-hybridized carbons (Fsp3) is 0.412. The molecule has 0 saturated carbocycles. The largest absolute Gasteiger partial charge is 0.311 e. The Bertz CT molecular complexity index is 653. The summed E-state index contributed by atoms with van der Waals surface area (Å²) in [4.78, 5) is 18.9. The minimum atomic E-state index is -0.0663. The van der Waals surface area contributed by atoms with Crippen molar-refractivity contribution in [3.63, 3.8) is 0 Å². The van der Waals surface area contributed by atoms with Gasteiger partial charge >= 0.3 is 0 Å². The first-order valence-corrected chi connectivity index (χ1v) is 7.57. The van der Waals surface area contributed by atoms with E-state index in [0.717, 1.165) is 36.0 Å². The summed E-state index contributed by atoms with van der Waals surface area (Å²) in [7, 11) is 0. The molecule has 1 unspecified atom stereocenters. The number of benzene rings is 1. The Balaban J connectivity index is 1.88. The van der Waals surface area contributed by atoms with Gasteiger partial charge in [-0.05, 0) is 37.1 Å². The SMILES string of the molecule is CC(C)NC1CCCN(c2ccc3ncccc3c2)C1=O. The van der Waals surface area contributed by atoms with Gasteiger partial charge in [-0.15, -0.1) is 0 Å². The Morgan fingerprint density at radius 2 is 2.19 bits per heavy atom. The molecule has 4 nitrogen and oxygen atoms in total. The molecule has 1 amide bonds. The zero-order valence-corrected chi connectivity index (χ0v) is 12.5. The average molecular weight is 283 g/mol. The first-order chi connectivity index (χ1) is 10.1. The number of hydrogen-bond donors (Lipinski definition) is 1. The summed E-state index contributed by atoms with van der Waals surface area (Å²) in [5.74, 6) is 0.179. The molecule has 4 heteroatoms. The van der Waals surface area contributed by atoms with E-state index in [0.29, 0.717) is 6.04 Å². The molecule has 1 fully saturated rings. The van der Waals surface area contributed by atoms with Gasteiger partial charge in [0.2, 0.25) is 5.91 Å². The van der Waals surface area contributed by atoms with Crippen molar-refractivity contribution in [1.29, 1.82) is 0 Å². The smallest absolute Gasteiger partial charge is 0.244 e. The molecule has 1 aromatic carbocycles. The molecule has 21 heavy (non-hydrogen) atoms. The molecule has 0 aliphatic carbocycles. The fourth-order valence-electron chi connectivity index (χ4n) is 2.92. The molecule has 2 heterocycles. The third-order valence-corrected chi connectivity index (χ3v) is 3.87. The van der Waals surface area contributed by atoms with Crippen LogP contribution in [0.1, 0.15) is 26.7 Å². The molecule has 1 aliphatic rings. The van der Waals surface area contributed by atoms with Crippen molar-refractivity contribution in [2.24, 2.45) is 0 Å². The van der Waals surface area contributed by atoms with Gasteiger partial charge in [-0.25, -0.2) is 0 Å². The van der Waals surface area contributed by atoms with Gasteiger partial charge in [-0.1, -0.05) is 19.9 Å². The third-order valence-electron chi connectivity index (χ3n) is 3.87. The summed E-state index contributed by atoms with van der Waals surface area (Å²) >= 11 is 0. The quantitative estimate of drug-likeness (QED) is 0.942. The second-order valence-corrected chi connectivity index (χ2v) is 5.89. The molecule has 1 aromatic heterocycles. The Kier molecular flexibility index (Phi) is 3.88. The standard InChI is InChI=1S/C17H21N3O/c1-12(2)19-16-6-4-10-20(17(16)21)14-7-8-15-13(11-14)5-3-9-18-15/h3,5,7-9,11-12,16,19H,4,6,10H2,1-2H3. The molecule has 0 radical (unpaired) electrons. The third kappa shape index (κ3) is 2.90. The van der Waals surface area contributed by atoms with Crippen LogP contribution in [0.15, 0.2) is 36.5 Å². The topological polar surface area (TPSA) is 45.2 Å². The van der Waals surface area contributed by atoms with Crippen LogP contribution in [0.25, 0.3) is 10.9 Å². The molecule has 1 N–H and O–H groups in total. The lowest BCUT2D eigenvalue weighted by atomic mass is 10.0. The summed E-state index contributed by atoms with van der Waals surface area (Å²) in [6, 6.07) is 10.2. The molecule has 0 bridgehead atoms. The van der Waals surface area contributed by atoms with Crippen molar-refractivity contribution in [3.05, 3.63) is 36.5 Å². The molecular weight excluding hydrogens is 262 g/mol. The summed E-state index contributed by atoms with van der Waals surface area (Å²) in [5, 5.41) is 4.44. The van der Waals surface area contributed by atoms with Crippen LogP contribution in [0.5, 0.6) is 0 Å². The minimum absolute atomic E-state index is 0.0663. The van der Waals surface area contributed by atoms with Gasteiger partial charge in [-0.3, -0.25) is 9.78 Å². The van der Waals surface area contributed by atoms with Gasteiger partial charge in [-0.2, -0.15) is 0 Å². The Morgan fingerprint density at radius 1 is 1.33 bits per heavy atom. The number of aromatic nitrogens is 1.